The number of hydrogen-bond acceptors (Lipinski definition) is 5. The number of carbonyl (C=O) groups excluding carboxylic acids is 2. The molecule has 0 bridgehead atoms. The number of phenolic OH excluding ortho intramolecular Hbond substituents is 1. The van der Waals surface area contributed by atoms with Gasteiger partial charge in [0.05, 0.1) is 0 Å². The van der Waals surface area contributed by atoms with Crippen LogP contribution in [0.5, 0.6) is 5.75 Å². The molecule has 2 aromatic carbocycles. The third-order valence-corrected chi connectivity index (χ3v) is 6.34. The number of amides is 1. The second-order valence-corrected chi connectivity index (χ2v) is 9.00. The fourth-order valence-electron chi connectivity index (χ4n) is 2.19. The molecule has 7 nitrogen and oxygen atoms in total. The zero-order chi connectivity index (χ0) is 19.3. The molecule has 0 aromatic heterocycles. The van der Waals surface area contributed by atoms with E-state index in [9.17, 15) is 26.9 Å². The summed E-state index contributed by atoms with van der Waals surface area (Å²) in [4.78, 5) is 23.4. The molecule has 1 unspecified atom stereocenters. The minimum atomic E-state index is -5.37. The fourth-order valence-corrected chi connectivity index (χ4v) is 4.53. The second-order valence-electron chi connectivity index (χ2n) is 5.42. The summed E-state index contributed by atoms with van der Waals surface area (Å²) in [5.41, 5.74) is 0.588. The molecule has 1 atom stereocenters. The van der Waals surface area contributed by atoms with Gasteiger partial charge in [0.2, 0.25) is 0 Å². The fraction of sp³-hybridized carbons (Fsp3) is 0.176. The van der Waals surface area contributed by atoms with Crippen molar-refractivity contribution in [2.24, 2.45) is 0 Å². The van der Waals surface area contributed by atoms with Crippen LogP contribution in [0.4, 0.5) is 10.1 Å². The van der Waals surface area contributed by atoms with Crippen molar-refractivity contribution in [2.45, 2.75) is 13.3 Å². The van der Waals surface area contributed by atoms with Crippen LogP contribution in [0.25, 0.3) is 0 Å². The van der Waals surface area contributed by atoms with E-state index in [1.54, 1.807) is 0 Å². The first-order valence-corrected chi connectivity index (χ1v) is 10.9. The number of halogens is 1. The Bertz CT molecular complexity index is 868. The molecular formula is C17H17AsFNO6. The molecule has 0 radical (unpaired) electrons. The van der Waals surface area contributed by atoms with E-state index in [1.807, 2.05) is 0 Å². The molecule has 2 rings (SSSR count). The number of hydrogen-bond donors (Lipinski definition) is 3. The summed E-state index contributed by atoms with van der Waals surface area (Å²) >= 11 is -5.37. The Hall–Kier alpha value is -2.57. The topological polar surface area (TPSA) is 113 Å². The van der Waals surface area contributed by atoms with Crippen molar-refractivity contribution < 1.29 is 30.6 Å². The first-order valence-electron chi connectivity index (χ1n) is 7.55. The quantitative estimate of drug-likeness (QED) is 0.602. The van der Waals surface area contributed by atoms with Crippen molar-refractivity contribution in [2.75, 3.05) is 12.0 Å². The van der Waals surface area contributed by atoms with Gasteiger partial charge in [-0.25, -0.2) is 0 Å². The molecule has 0 heterocycles. The standard InChI is InChI=1S/C17H17AsFNO6/c1-11(21)20-16-10-14(22)6-7-15(16)18(24,25)26-17(23)13-4-2-12(3-5-13)8-9-19/h2-7,10,22H,8-9H2,1H3,(H,20,21)(H,24,25). The molecule has 0 aliphatic carbocycles. The van der Waals surface area contributed by atoms with Crippen molar-refractivity contribution >= 4 is 36.1 Å². The Kier molecular flexibility index (Phi) is 6.23. The molecule has 2 aromatic rings. The summed E-state index contributed by atoms with van der Waals surface area (Å²) < 4.78 is 39.6. The van der Waals surface area contributed by atoms with E-state index in [0.29, 0.717) is 5.56 Å². The number of aromatic hydroxyl groups is 1. The maximum absolute atomic E-state index is 12.6. The van der Waals surface area contributed by atoms with Crippen LogP contribution in [0.3, 0.4) is 0 Å². The average Bonchev–Trinajstić information content (AvgIpc) is 2.54. The van der Waals surface area contributed by atoms with Crippen LogP contribution in [-0.4, -0.2) is 41.9 Å². The Balaban J connectivity index is 2.26. The summed E-state index contributed by atoms with van der Waals surface area (Å²) in [5.74, 6) is -1.78. The minimum absolute atomic E-state index is 0.0307. The van der Waals surface area contributed by atoms with Gasteiger partial charge >= 0.3 is 151 Å². The van der Waals surface area contributed by atoms with Crippen LogP contribution in [0, 0.1) is 0 Å². The predicted molar refractivity (Wildman–Crippen MR) is 92.2 cm³/mol. The van der Waals surface area contributed by atoms with Crippen LogP contribution in [0.2, 0.25) is 0 Å². The van der Waals surface area contributed by atoms with Gasteiger partial charge in [-0.2, -0.15) is 0 Å². The van der Waals surface area contributed by atoms with E-state index in [4.69, 9.17) is 3.73 Å². The molecule has 26 heavy (non-hydrogen) atoms. The van der Waals surface area contributed by atoms with Crippen LogP contribution >= 0.6 is 0 Å². The van der Waals surface area contributed by atoms with Crippen LogP contribution in [-0.2, 0) is 18.7 Å². The van der Waals surface area contributed by atoms with E-state index in [-0.39, 0.29) is 27.8 Å². The van der Waals surface area contributed by atoms with Crippen molar-refractivity contribution in [3.8, 4) is 5.75 Å². The molecule has 138 valence electrons. The van der Waals surface area contributed by atoms with Gasteiger partial charge in [0.15, 0.2) is 0 Å². The number of benzene rings is 2. The zero-order valence-electron chi connectivity index (χ0n) is 13.8. The van der Waals surface area contributed by atoms with E-state index in [2.05, 4.69) is 5.32 Å². The summed E-state index contributed by atoms with van der Waals surface area (Å²) in [6.07, 6.45) is 0.200. The molecule has 0 aliphatic rings. The number of anilines is 1. The molecule has 9 heteroatoms. The molecule has 3 N–H and O–H groups in total. The number of rotatable bonds is 6. The van der Waals surface area contributed by atoms with Crippen molar-refractivity contribution in [1.29, 1.82) is 0 Å². The van der Waals surface area contributed by atoms with E-state index >= 15 is 0 Å². The molecule has 1 amide bonds. The van der Waals surface area contributed by atoms with Gasteiger partial charge in [-0.15, -0.1) is 0 Å². The summed E-state index contributed by atoms with van der Waals surface area (Å²) in [7, 11) is 0. The van der Waals surface area contributed by atoms with E-state index in [1.165, 1.54) is 31.2 Å². The Labute approximate surface area is 151 Å². The van der Waals surface area contributed by atoms with Crippen molar-refractivity contribution in [1.82, 2.24) is 0 Å². The SMILES string of the molecule is CC(=O)Nc1cc(O)ccc1[As](=O)(O)OC(=O)c1ccc(CCF)cc1. The summed E-state index contributed by atoms with van der Waals surface area (Å²) in [6, 6.07) is 9.12. The van der Waals surface area contributed by atoms with Crippen molar-refractivity contribution in [3.63, 3.8) is 0 Å². The van der Waals surface area contributed by atoms with Gasteiger partial charge in [-0.05, 0) is 0 Å². The monoisotopic (exact) mass is 425 g/mol. The van der Waals surface area contributed by atoms with E-state index < -0.39 is 32.7 Å². The van der Waals surface area contributed by atoms with Crippen LogP contribution in [0.15, 0.2) is 42.5 Å². The Morgan fingerprint density at radius 2 is 1.85 bits per heavy atom. The molecule has 0 spiro atoms. The van der Waals surface area contributed by atoms with Crippen LogP contribution < -0.4 is 9.67 Å². The normalized spacial score (nSPS) is 12.9. The van der Waals surface area contributed by atoms with Gasteiger partial charge < -0.3 is 0 Å². The molecular weight excluding hydrogens is 408 g/mol. The van der Waals surface area contributed by atoms with E-state index in [0.717, 1.165) is 18.2 Å². The third kappa shape index (κ3) is 4.97. The number of alkyl halides is 1. The number of carbonyl (C=O) groups is 2. The number of phenols is 1. The van der Waals surface area contributed by atoms with Gasteiger partial charge in [0.1, 0.15) is 0 Å². The van der Waals surface area contributed by atoms with Crippen LogP contribution in [0.1, 0.15) is 22.8 Å². The van der Waals surface area contributed by atoms with Gasteiger partial charge in [-0.3, -0.25) is 0 Å². The molecule has 0 saturated carbocycles. The molecule has 0 fully saturated rings. The predicted octanol–water partition coefficient (Wildman–Crippen LogP) is 1.29. The van der Waals surface area contributed by atoms with Gasteiger partial charge in [0.25, 0.3) is 0 Å². The first kappa shape index (κ1) is 19.7. The molecule has 0 aliphatic heterocycles. The Morgan fingerprint density at radius 3 is 2.42 bits per heavy atom. The summed E-state index contributed by atoms with van der Waals surface area (Å²) in [5, 5.41) is 11.8. The average molecular weight is 425 g/mol. The number of aryl methyl sites for hydroxylation is 1. The zero-order valence-corrected chi connectivity index (χ0v) is 15.7. The maximum atomic E-state index is 12.6. The number of nitrogens with one attached hydrogen (secondary N) is 1. The Morgan fingerprint density at radius 1 is 1.19 bits per heavy atom. The van der Waals surface area contributed by atoms with Gasteiger partial charge in [0, 0.05) is 0 Å². The van der Waals surface area contributed by atoms with Crippen molar-refractivity contribution in [3.05, 3.63) is 53.6 Å². The molecule has 0 saturated heterocycles. The third-order valence-electron chi connectivity index (χ3n) is 3.37. The first-order chi connectivity index (χ1) is 12.2. The second kappa shape index (κ2) is 8.20. The van der Waals surface area contributed by atoms with Gasteiger partial charge in [-0.1, -0.05) is 0 Å². The summed E-state index contributed by atoms with van der Waals surface area (Å²) in [6.45, 7) is 0.652.